The van der Waals surface area contributed by atoms with Crippen LogP contribution in [0.5, 0.6) is 0 Å². The molecule has 1 N–H and O–H groups in total. The van der Waals surface area contributed by atoms with Gasteiger partial charge in [-0.3, -0.25) is 4.90 Å². The van der Waals surface area contributed by atoms with Gasteiger partial charge in [0.25, 0.3) is 0 Å². The van der Waals surface area contributed by atoms with Crippen molar-refractivity contribution in [2.24, 2.45) is 0 Å². The molecule has 0 amide bonds. The fraction of sp³-hybridized carbons (Fsp3) is 1.00. The van der Waals surface area contributed by atoms with Crippen molar-refractivity contribution in [1.29, 1.82) is 0 Å². The summed E-state index contributed by atoms with van der Waals surface area (Å²) in [6, 6.07) is 1.30. The van der Waals surface area contributed by atoms with E-state index in [9.17, 15) is 0 Å². The molecule has 1 heterocycles. The van der Waals surface area contributed by atoms with Crippen molar-refractivity contribution in [1.82, 2.24) is 10.2 Å². The van der Waals surface area contributed by atoms with Crippen molar-refractivity contribution in [2.75, 3.05) is 32.8 Å². The summed E-state index contributed by atoms with van der Waals surface area (Å²) in [5.74, 6) is 0. The number of nitrogens with one attached hydrogen (secondary N) is 1. The Kier molecular flexibility index (Phi) is 5.45. The molecule has 0 radical (unpaired) electrons. The van der Waals surface area contributed by atoms with Crippen molar-refractivity contribution < 1.29 is 4.74 Å². The molecule has 1 rings (SSSR count). The second-order valence-electron chi connectivity index (χ2n) is 4.06. The molecule has 1 aliphatic heterocycles. The first-order valence-corrected chi connectivity index (χ1v) is 5.83. The maximum atomic E-state index is 5.48. The number of rotatable bonds is 7. The van der Waals surface area contributed by atoms with Crippen LogP contribution in [0, 0.1) is 0 Å². The van der Waals surface area contributed by atoms with Gasteiger partial charge in [0.15, 0.2) is 0 Å². The smallest absolute Gasteiger partial charge is 0.0619 e. The molecule has 1 aliphatic rings. The Morgan fingerprint density at radius 2 is 2.14 bits per heavy atom. The van der Waals surface area contributed by atoms with Gasteiger partial charge < -0.3 is 10.1 Å². The summed E-state index contributed by atoms with van der Waals surface area (Å²) in [5.41, 5.74) is 0. The molecule has 0 aromatic heterocycles. The van der Waals surface area contributed by atoms with Crippen LogP contribution in [-0.4, -0.2) is 49.8 Å². The van der Waals surface area contributed by atoms with Crippen LogP contribution in [0.3, 0.4) is 0 Å². The van der Waals surface area contributed by atoms with Gasteiger partial charge in [-0.25, -0.2) is 0 Å². The fourth-order valence-corrected chi connectivity index (χ4v) is 1.91. The zero-order valence-corrected chi connectivity index (χ0v) is 9.75. The molecular weight excluding hydrogens is 176 g/mol. The predicted molar refractivity (Wildman–Crippen MR) is 59.6 cm³/mol. The molecule has 1 fully saturated rings. The molecule has 3 nitrogen and oxygen atoms in total. The molecule has 3 heteroatoms. The van der Waals surface area contributed by atoms with Crippen LogP contribution in [0.25, 0.3) is 0 Å². The van der Waals surface area contributed by atoms with Crippen molar-refractivity contribution in [3.8, 4) is 0 Å². The number of ether oxygens (including phenoxy) is 1. The third-order valence-corrected chi connectivity index (χ3v) is 2.84. The van der Waals surface area contributed by atoms with E-state index in [1.807, 2.05) is 0 Å². The van der Waals surface area contributed by atoms with Crippen LogP contribution < -0.4 is 5.32 Å². The Hall–Kier alpha value is -0.120. The Morgan fingerprint density at radius 1 is 1.43 bits per heavy atom. The van der Waals surface area contributed by atoms with Gasteiger partial charge in [-0.1, -0.05) is 6.92 Å². The van der Waals surface area contributed by atoms with Crippen molar-refractivity contribution >= 4 is 0 Å². The third-order valence-electron chi connectivity index (χ3n) is 2.84. The second-order valence-corrected chi connectivity index (χ2v) is 4.06. The van der Waals surface area contributed by atoms with Gasteiger partial charge in [-0.15, -0.1) is 0 Å². The normalized spacial score (nSPS) is 19.7. The van der Waals surface area contributed by atoms with E-state index in [1.54, 1.807) is 0 Å². The molecular formula is C11H24N2O. The highest BCUT2D eigenvalue weighted by Gasteiger charge is 2.27. The molecule has 0 saturated carbocycles. The average molecular weight is 200 g/mol. The lowest BCUT2D eigenvalue weighted by atomic mass is 10.1. The summed E-state index contributed by atoms with van der Waals surface area (Å²) in [6.45, 7) is 11.8. The summed E-state index contributed by atoms with van der Waals surface area (Å²) in [7, 11) is 0. The highest BCUT2D eigenvalue weighted by atomic mass is 16.5. The molecule has 1 unspecified atom stereocenters. The van der Waals surface area contributed by atoms with Crippen LogP contribution in [0.15, 0.2) is 0 Å². The second kappa shape index (κ2) is 6.38. The third kappa shape index (κ3) is 3.23. The van der Waals surface area contributed by atoms with Gasteiger partial charge in [0, 0.05) is 31.8 Å². The Morgan fingerprint density at radius 3 is 2.57 bits per heavy atom. The molecule has 1 saturated heterocycles. The van der Waals surface area contributed by atoms with Crippen LogP contribution in [-0.2, 0) is 4.74 Å². The standard InChI is InChI=1S/C11H24N2O/c1-4-6-13(11-7-12-8-11)10(3)9-14-5-2/h10-12H,4-9H2,1-3H3. The zero-order chi connectivity index (χ0) is 10.4. The molecule has 0 bridgehead atoms. The number of hydrogen-bond acceptors (Lipinski definition) is 3. The summed E-state index contributed by atoms with van der Waals surface area (Å²) in [6.07, 6.45) is 1.23. The molecule has 1 atom stereocenters. The summed E-state index contributed by atoms with van der Waals surface area (Å²) >= 11 is 0. The molecule has 14 heavy (non-hydrogen) atoms. The van der Waals surface area contributed by atoms with E-state index in [2.05, 4.69) is 31.0 Å². The maximum absolute atomic E-state index is 5.48. The highest BCUT2D eigenvalue weighted by molar-refractivity contribution is 4.87. The highest BCUT2D eigenvalue weighted by Crippen LogP contribution is 2.11. The van der Waals surface area contributed by atoms with Crippen LogP contribution in [0.2, 0.25) is 0 Å². The van der Waals surface area contributed by atoms with Gasteiger partial charge in [-0.05, 0) is 26.8 Å². The van der Waals surface area contributed by atoms with E-state index in [1.165, 1.54) is 13.0 Å². The van der Waals surface area contributed by atoms with E-state index in [4.69, 9.17) is 4.74 Å². The Balaban J connectivity index is 2.31. The van der Waals surface area contributed by atoms with Crippen molar-refractivity contribution in [2.45, 2.75) is 39.3 Å². The van der Waals surface area contributed by atoms with E-state index in [0.29, 0.717) is 6.04 Å². The van der Waals surface area contributed by atoms with Crippen LogP contribution in [0.1, 0.15) is 27.2 Å². The van der Waals surface area contributed by atoms with E-state index < -0.39 is 0 Å². The average Bonchev–Trinajstić information content (AvgIpc) is 2.10. The monoisotopic (exact) mass is 200 g/mol. The van der Waals surface area contributed by atoms with Gasteiger partial charge in [0.05, 0.1) is 6.61 Å². The quantitative estimate of drug-likeness (QED) is 0.666. The first-order chi connectivity index (χ1) is 6.79. The van der Waals surface area contributed by atoms with E-state index in [0.717, 1.165) is 32.3 Å². The topological polar surface area (TPSA) is 24.5 Å². The van der Waals surface area contributed by atoms with Crippen LogP contribution in [0.4, 0.5) is 0 Å². The van der Waals surface area contributed by atoms with E-state index >= 15 is 0 Å². The maximum Gasteiger partial charge on any atom is 0.0619 e. The lowest BCUT2D eigenvalue weighted by Gasteiger charge is -2.41. The fourth-order valence-electron chi connectivity index (χ4n) is 1.91. The van der Waals surface area contributed by atoms with Crippen molar-refractivity contribution in [3.05, 3.63) is 0 Å². The van der Waals surface area contributed by atoms with E-state index in [-0.39, 0.29) is 0 Å². The minimum atomic E-state index is 0.557. The summed E-state index contributed by atoms with van der Waals surface area (Å²) in [5, 5.41) is 3.33. The minimum absolute atomic E-state index is 0.557. The van der Waals surface area contributed by atoms with Crippen molar-refractivity contribution in [3.63, 3.8) is 0 Å². The molecule has 0 aliphatic carbocycles. The first-order valence-electron chi connectivity index (χ1n) is 5.83. The van der Waals surface area contributed by atoms with Crippen LogP contribution >= 0.6 is 0 Å². The first kappa shape index (κ1) is 12.0. The molecule has 84 valence electrons. The number of nitrogens with zero attached hydrogens (tertiary/aromatic N) is 1. The molecule has 0 aromatic carbocycles. The predicted octanol–water partition coefficient (Wildman–Crippen LogP) is 1.10. The number of hydrogen-bond donors (Lipinski definition) is 1. The zero-order valence-electron chi connectivity index (χ0n) is 9.75. The molecule has 0 spiro atoms. The minimum Gasteiger partial charge on any atom is -0.380 e. The lowest BCUT2D eigenvalue weighted by Crippen LogP contribution is -2.60. The van der Waals surface area contributed by atoms with Gasteiger partial charge in [-0.2, -0.15) is 0 Å². The van der Waals surface area contributed by atoms with Gasteiger partial charge >= 0.3 is 0 Å². The molecule has 0 aromatic rings. The largest absolute Gasteiger partial charge is 0.380 e. The summed E-state index contributed by atoms with van der Waals surface area (Å²) in [4.78, 5) is 2.58. The van der Waals surface area contributed by atoms with Gasteiger partial charge in [0.2, 0.25) is 0 Å². The SMILES string of the molecule is CCCN(C(C)COCC)C1CNC1. The summed E-state index contributed by atoms with van der Waals surface area (Å²) < 4.78 is 5.48. The Labute approximate surface area is 87.8 Å². The lowest BCUT2D eigenvalue weighted by molar-refractivity contribution is 0.0353. The Bertz CT molecular complexity index is 148. The van der Waals surface area contributed by atoms with Gasteiger partial charge in [0.1, 0.15) is 0 Å².